The van der Waals surface area contributed by atoms with Gasteiger partial charge in [-0.1, -0.05) is 6.07 Å². The summed E-state index contributed by atoms with van der Waals surface area (Å²) in [6.07, 6.45) is 1.95. The maximum atomic E-state index is 13.7. The van der Waals surface area contributed by atoms with Gasteiger partial charge in [0, 0.05) is 25.3 Å². The van der Waals surface area contributed by atoms with Gasteiger partial charge in [-0.15, -0.1) is 0 Å². The second-order valence-electron chi connectivity index (χ2n) is 5.21. The molecule has 0 aliphatic carbocycles. The minimum atomic E-state index is -0.569. The first-order valence-corrected chi connectivity index (χ1v) is 6.57. The Bertz CT molecular complexity index is 413. The Labute approximate surface area is 112 Å². The van der Waals surface area contributed by atoms with Gasteiger partial charge in [-0.25, -0.2) is 8.78 Å². The highest BCUT2D eigenvalue weighted by atomic mass is 19.1. The van der Waals surface area contributed by atoms with Gasteiger partial charge in [0.25, 0.3) is 0 Å². The zero-order valence-corrected chi connectivity index (χ0v) is 11.1. The fourth-order valence-electron chi connectivity index (χ4n) is 2.46. The van der Waals surface area contributed by atoms with Crippen molar-refractivity contribution in [2.75, 3.05) is 19.7 Å². The second kappa shape index (κ2) is 5.94. The van der Waals surface area contributed by atoms with Gasteiger partial charge in [-0.2, -0.15) is 0 Å². The fourth-order valence-corrected chi connectivity index (χ4v) is 2.46. The van der Waals surface area contributed by atoms with Crippen LogP contribution in [0.3, 0.4) is 0 Å². The summed E-state index contributed by atoms with van der Waals surface area (Å²) in [4.78, 5) is 0. The monoisotopic (exact) mass is 270 g/mol. The lowest BCUT2D eigenvalue weighted by Gasteiger charge is -2.27. The summed E-state index contributed by atoms with van der Waals surface area (Å²) in [5.74, 6) is -1.14. The second-order valence-corrected chi connectivity index (χ2v) is 5.21. The topological polar surface area (TPSA) is 47.3 Å². The molecule has 0 radical (unpaired) electrons. The molecule has 2 atom stereocenters. The van der Waals surface area contributed by atoms with Crippen molar-refractivity contribution in [3.63, 3.8) is 0 Å². The van der Waals surface area contributed by atoms with E-state index in [9.17, 15) is 8.78 Å². The Kier molecular flexibility index (Phi) is 4.50. The number of rotatable bonds is 5. The Morgan fingerprint density at radius 1 is 1.42 bits per heavy atom. The molecular weight excluding hydrogens is 250 g/mol. The average molecular weight is 270 g/mol. The minimum absolute atomic E-state index is 0.00611. The van der Waals surface area contributed by atoms with E-state index in [0.717, 1.165) is 19.4 Å². The van der Waals surface area contributed by atoms with Crippen molar-refractivity contribution in [1.82, 2.24) is 5.32 Å². The molecule has 106 valence electrons. The van der Waals surface area contributed by atoms with E-state index < -0.39 is 17.7 Å². The van der Waals surface area contributed by atoms with E-state index in [1.165, 1.54) is 18.2 Å². The fraction of sp³-hybridized carbons (Fsp3) is 0.571. The summed E-state index contributed by atoms with van der Waals surface area (Å²) in [5, 5.41) is 3.12. The van der Waals surface area contributed by atoms with Crippen molar-refractivity contribution in [3.8, 4) is 0 Å². The molecule has 1 aliphatic heterocycles. The number of benzene rings is 1. The SMILES string of the molecule is CC1(CNC(CN)c2c(F)cccc2F)CCCO1. The lowest BCUT2D eigenvalue weighted by atomic mass is 10.0. The van der Waals surface area contributed by atoms with E-state index in [1.54, 1.807) is 0 Å². The van der Waals surface area contributed by atoms with Crippen molar-refractivity contribution in [2.45, 2.75) is 31.4 Å². The third kappa shape index (κ3) is 3.29. The molecule has 1 aromatic rings. The standard InChI is InChI=1S/C14H20F2N2O/c1-14(6-3-7-19-14)9-18-12(8-17)13-10(15)4-2-5-11(13)16/h2,4-5,12,18H,3,6-9,17H2,1H3. The summed E-state index contributed by atoms with van der Waals surface area (Å²) in [6, 6.07) is 3.30. The Morgan fingerprint density at radius 3 is 2.63 bits per heavy atom. The predicted octanol–water partition coefficient (Wildman–Crippen LogP) is 2.12. The maximum absolute atomic E-state index is 13.7. The molecule has 1 heterocycles. The lowest BCUT2D eigenvalue weighted by molar-refractivity contribution is 0.0187. The molecule has 0 saturated carbocycles. The van der Waals surface area contributed by atoms with Gasteiger partial charge < -0.3 is 15.8 Å². The number of nitrogens with one attached hydrogen (secondary N) is 1. The molecule has 5 heteroatoms. The van der Waals surface area contributed by atoms with Crippen LogP contribution in [0.5, 0.6) is 0 Å². The molecule has 0 bridgehead atoms. The van der Waals surface area contributed by atoms with E-state index in [-0.39, 0.29) is 17.7 Å². The molecule has 0 spiro atoms. The van der Waals surface area contributed by atoms with Gasteiger partial charge in [-0.3, -0.25) is 0 Å². The van der Waals surface area contributed by atoms with Gasteiger partial charge in [0.2, 0.25) is 0 Å². The molecule has 1 saturated heterocycles. The maximum Gasteiger partial charge on any atom is 0.130 e. The van der Waals surface area contributed by atoms with Gasteiger partial charge in [-0.05, 0) is 31.9 Å². The first kappa shape index (κ1) is 14.4. The largest absolute Gasteiger partial charge is 0.374 e. The molecule has 2 rings (SSSR count). The highest BCUT2D eigenvalue weighted by Crippen LogP contribution is 2.26. The van der Waals surface area contributed by atoms with E-state index in [1.807, 2.05) is 6.92 Å². The van der Waals surface area contributed by atoms with Crippen LogP contribution in [0.15, 0.2) is 18.2 Å². The number of hydrogen-bond acceptors (Lipinski definition) is 3. The third-order valence-electron chi connectivity index (χ3n) is 3.61. The van der Waals surface area contributed by atoms with Crippen molar-refractivity contribution >= 4 is 0 Å². The van der Waals surface area contributed by atoms with Crippen LogP contribution >= 0.6 is 0 Å². The summed E-state index contributed by atoms with van der Waals surface area (Å²) in [6.45, 7) is 3.40. The van der Waals surface area contributed by atoms with Crippen molar-refractivity contribution in [3.05, 3.63) is 35.4 Å². The van der Waals surface area contributed by atoms with Crippen molar-refractivity contribution < 1.29 is 13.5 Å². The van der Waals surface area contributed by atoms with Crippen LogP contribution in [-0.4, -0.2) is 25.3 Å². The van der Waals surface area contributed by atoms with Crippen LogP contribution in [-0.2, 0) is 4.74 Å². The van der Waals surface area contributed by atoms with Crippen LogP contribution < -0.4 is 11.1 Å². The van der Waals surface area contributed by atoms with E-state index in [0.29, 0.717) is 6.54 Å². The highest BCUT2D eigenvalue weighted by Gasteiger charge is 2.31. The van der Waals surface area contributed by atoms with Crippen LogP contribution in [0.1, 0.15) is 31.4 Å². The molecule has 0 amide bonds. The minimum Gasteiger partial charge on any atom is -0.374 e. The highest BCUT2D eigenvalue weighted by molar-refractivity contribution is 5.23. The van der Waals surface area contributed by atoms with Crippen LogP contribution in [0.4, 0.5) is 8.78 Å². The molecule has 1 fully saturated rings. The third-order valence-corrected chi connectivity index (χ3v) is 3.61. The quantitative estimate of drug-likeness (QED) is 0.861. The molecular formula is C14H20F2N2O. The summed E-state index contributed by atoms with van der Waals surface area (Å²) in [5.41, 5.74) is 5.37. The van der Waals surface area contributed by atoms with Crippen molar-refractivity contribution in [1.29, 1.82) is 0 Å². The van der Waals surface area contributed by atoms with Gasteiger partial charge in [0.05, 0.1) is 11.6 Å². The zero-order chi connectivity index (χ0) is 13.9. The van der Waals surface area contributed by atoms with Crippen molar-refractivity contribution in [2.24, 2.45) is 5.73 Å². The van der Waals surface area contributed by atoms with E-state index in [2.05, 4.69) is 5.32 Å². The van der Waals surface area contributed by atoms with Crippen LogP contribution in [0.2, 0.25) is 0 Å². The first-order valence-electron chi connectivity index (χ1n) is 6.57. The molecule has 1 aromatic carbocycles. The zero-order valence-electron chi connectivity index (χ0n) is 11.1. The molecule has 2 unspecified atom stereocenters. The average Bonchev–Trinajstić information content (AvgIpc) is 2.80. The molecule has 3 nitrogen and oxygen atoms in total. The Morgan fingerprint density at radius 2 is 2.11 bits per heavy atom. The number of ether oxygens (including phenoxy) is 1. The molecule has 1 aliphatic rings. The van der Waals surface area contributed by atoms with Crippen LogP contribution in [0.25, 0.3) is 0 Å². The summed E-state index contributed by atoms with van der Waals surface area (Å²) >= 11 is 0. The number of hydrogen-bond donors (Lipinski definition) is 2. The van der Waals surface area contributed by atoms with Crippen LogP contribution in [0, 0.1) is 11.6 Å². The summed E-state index contributed by atoms with van der Waals surface area (Å²) < 4.78 is 33.1. The number of nitrogens with two attached hydrogens (primary N) is 1. The Hall–Kier alpha value is -1.04. The molecule has 3 N–H and O–H groups in total. The smallest absolute Gasteiger partial charge is 0.130 e. The summed E-state index contributed by atoms with van der Waals surface area (Å²) in [7, 11) is 0. The predicted molar refractivity (Wildman–Crippen MR) is 69.7 cm³/mol. The van der Waals surface area contributed by atoms with Gasteiger partial charge in [0.1, 0.15) is 11.6 Å². The first-order chi connectivity index (χ1) is 9.06. The number of halogens is 2. The molecule has 0 aromatic heterocycles. The van der Waals surface area contributed by atoms with Gasteiger partial charge in [0.15, 0.2) is 0 Å². The molecule has 19 heavy (non-hydrogen) atoms. The Balaban J connectivity index is 2.08. The van der Waals surface area contributed by atoms with E-state index in [4.69, 9.17) is 10.5 Å². The normalized spacial score (nSPS) is 24.6. The lowest BCUT2D eigenvalue weighted by Crippen LogP contribution is -2.41. The van der Waals surface area contributed by atoms with E-state index >= 15 is 0 Å². The van der Waals surface area contributed by atoms with Gasteiger partial charge >= 0.3 is 0 Å².